The van der Waals surface area contributed by atoms with Crippen LogP contribution in [-0.4, -0.2) is 21.7 Å². The minimum atomic E-state index is -1.69. The maximum Gasteiger partial charge on any atom is 0.242 e. The summed E-state index contributed by atoms with van der Waals surface area (Å²) in [7, 11) is -0.0684. The molecule has 3 nitrogen and oxygen atoms in total. The van der Waals surface area contributed by atoms with E-state index >= 15 is 0 Å². The number of hydrogen-bond donors (Lipinski definition) is 0. The van der Waals surface area contributed by atoms with E-state index < -0.39 is 8.32 Å². The predicted octanol–water partition coefficient (Wildman–Crippen LogP) is 3.60. The van der Waals surface area contributed by atoms with Gasteiger partial charge in [-0.15, -0.1) is 0 Å². The van der Waals surface area contributed by atoms with Gasteiger partial charge in [0.1, 0.15) is 12.0 Å². The molecule has 98 valence electrons. The zero-order chi connectivity index (χ0) is 13.3. The van der Waals surface area contributed by atoms with E-state index in [1.54, 1.807) is 13.2 Å². The minimum Gasteiger partial charge on any atom is -0.542 e. The first kappa shape index (κ1) is 13.1. The fourth-order valence-corrected chi connectivity index (χ4v) is 2.81. The topological polar surface area (TPSA) is 35.5 Å². The molecule has 0 bridgehead atoms. The summed E-state index contributed by atoms with van der Waals surface area (Å²) in [4.78, 5) is 11.0. The monoisotopic (exact) mass is 264 g/mol. The Morgan fingerprint density at radius 1 is 1.28 bits per heavy atom. The Balaban J connectivity index is 2.49. The van der Waals surface area contributed by atoms with Gasteiger partial charge in [-0.3, -0.25) is 4.79 Å². The summed E-state index contributed by atoms with van der Waals surface area (Å²) in [6.45, 7) is 6.45. The maximum absolute atomic E-state index is 11.0. The zero-order valence-electron chi connectivity index (χ0n) is 11.4. The standard InChI is InChI=1S/C14H20O3Si/c1-16-13-8-10(9-15)7-12(11-5-6-11)14(13)17-18(2,3)4/h7-9,11H,5-6H2,1-4H3. The van der Waals surface area contributed by atoms with Crippen molar-refractivity contribution in [1.82, 2.24) is 0 Å². The molecule has 0 aromatic heterocycles. The molecule has 0 atom stereocenters. The van der Waals surface area contributed by atoms with E-state index in [1.807, 2.05) is 6.07 Å². The Morgan fingerprint density at radius 3 is 2.39 bits per heavy atom. The summed E-state index contributed by atoms with van der Waals surface area (Å²) >= 11 is 0. The van der Waals surface area contributed by atoms with Gasteiger partial charge in [0.25, 0.3) is 0 Å². The number of hydrogen-bond acceptors (Lipinski definition) is 3. The number of methoxy groups -OCH3 is 1. The third kappa shape index (κ3) is 2.93. The van der Waals surface area contributed by atoms with Crippen molar-refractivity contribution in [1.29, 1.82) is 0 Å². The summed E-state index contributed by atoms with van der Waals surface area (Å²) in [6, 6.07) is 3.71. The fourth-order valence-electron chi connectivity index (χ4n) is 1.98. The Kier molecular flexibility index (Phi) is 3.48. The van der Waals surface area contributed by atoms with Crippen molar-refractivity contribution in [2.45, 2.75) is 38.4 Å². The molecule has 0 heterocycles. The maximum atomic E-state index is 11.0. The highest BCUT2D eigenvalue weighted by Crippen LogP contribution is 2.48. The first-order valence-electron chi connectivity index (χ1n) is 6.30. The van der Waals surface area contributed by atoms with Gasteiger partial charge in [0.15, 0.2) is 5.75 Å². The Bertz CT molecular complexity index is 459. The van der Waals surface area contributed by atoms with Crippen LogP contribution in [0.2, 0.25) is 19.6 Å². The average molecular weight is 264 g/mol. The van der Waals surface area contributed by atoms with Gasteiger partial charge >= 0.3 is 0 Å². The largest absolute Gasteiger partial charge is 0.542 e. The summed E-state index contributed by atoms with van der Waals surface area (Å²) < 4.78 is 11.5. The molecule has 0 radical (unpaired) electrons. The molecule has 0 N–H and O–H groups in total. The molecule has 0 aliphatic heterocycles. The molecular weight excluding hydrogens is 244 g/mol. The van der Waals surface area contributed by atoms with Crippen LogP contribution >= 0.6 is 0 Å². The van der Waals surface area contributed by atoms with Crippen molar-refractivity contribution in [3.8, 4) is 11.5 Å². The molecule has 1 saturated carbocycles. The molecule has 1 aliphatic carbocycles. The van der Waals surface area contributed by atoms with Crippen LogP contribution < -0.4 is 9.16 Å². The van der Waals surface area contributed by atoms with E-state index in [0.717, 1.165) is 17.6 Å². The van der Waals surface area contributed by atoms with E-state index in [-0.39, 0.29) is 0 Å². The van der Waals surface area contributed by atoms with Gasteiger partial charge in [0, 0.05) is 11.1 Å². The van der Waals surface area contributed by atoms with Crippen LogP contribution in [0.4, 0.5) is 0 Å². The van der Waals surface area contributed by atoms with Crippen molar-refractivity contribution in [3.05, 3.63) is 23.3 Å². The zero-order valence-corrected chi connectivity index (χ0v) is 12.4. The lowest BCUT2D eigenvalue weighted by Crippen LogP contribution is -2.30. The molecule has 0 spiro atoms. The average Bonchev–Trinajstić information content (AvgIpc) is 3.11. The highest BCUT2D eigenvalue weighted by Gasteiger charge is 2.31. The smallest absolute Gasteiger partial charge is 0.242 e. The van der Waals surface area contributed by atoms with Crippen LogP contribution in [0.3, 0.4) is 0 Å². The van der Waals surface area contributed by atoms with Crippen LogP contribution in [0.15, 0.2) is 12.1 Å². The number of ether oxygens (including phenoxy) is 1. The summed E-state index contributed by atoms with van der Waals surface area (Å²) in [5.41, 5.74) is 1.80. The van der Waals surface area contributed by atoms with Gasteiger partial charge in [0.05, 0.1) is 7.11 Å². The molecule has 1 aromatic rings. The van der Waals surface area contributed by atoms with Crippen LogP contribution in [-0.2, 0) is 0 Å². The van der Waals surface area contributed by atoms with Crippen LogP contribution in [0.25, 0.3) is 0 Å². The highest BCUT2D eigenvalue weighted by molar-refractivity contribution is 6.70. The summed E-state index contributed by atoms with van der Waals surface area (Å²) in [5, 5.41) is 0. The molecule has 1 aromatic carbocycles. The summed E-state index contributed by atoms with van der Waals surface area (Å²) in [6.07, 6.45) is 3.22. The minimum absolute atomic E-state index is 0.533. The summed E-state index contributed by atoms with van der Waals surface area (Å²) in [5.74, 6) is 2.07. The van der Waals surface area contributed by atoms with Crippen LogP contribution in [0.5, 0.6) is 11.5 Å². The van der Waals surface area contributed by atoms with E-state index in [0.29, 0.717) is 17.2 Å². The van der Waals surface area contributed by atoms with E-state index in [2.05, 4.69) is 19.6 Å². The van der Waals surface area contributed by atoms with Gasteiger partial charge in [-0.1, -0.05) is 0 Å². The second-order valence-electron chi connectivity index (χ2n) is 5.75. The third-order valence-corrected chi connectivity index (χ3v) is 3.70. The lowest BCUT2D eigenvalue weighted by Gasteiger charge is -2.24. The van der Waals surface area contributed by atoms with Gasteiger partial charge < -0.3 is 9.16 Å². The Morgan fingerprint density at radius 2 is 1.94 bits per heavy atom. The lowest BCUT2D eigenvalue weighted by atomic mass is 10.1. The number of benzene rings is 1. The van der Waals surface area contributed by atoms with Crippen molar-refractivity contribution in [2.24, 2.45) is 0 Å². The van der Waals surface area contributed by atoms with Crippen LogP contribution in [0, 0.1) is 0 Å². The van der Waals surface area contributed by atoms with Crippen molar-refractivity contribution in [2.75, 3.05) is 7.11 Å². The van der Waals surface area contributed by atoms with Gasteiger partial charge in [-0.2, -0.15) is 0 Å². The van der Waals surface area contributed by atoms with Gasteiger partial charge in [-0.05, 0) is 50.5 Å². The SMILES string of the molecule is COc1cc(C=O)cc(C2CC2)c1O[Si](C)(C)C. The predicted molar refractivity (Wildman–Crippen MR) is 74.3 cm³/mol. The van der Waals surface area contributed by atoms with Gasteiger partial charge in [-0.25, -0.2) is 0 Å². The highest BCUT2D eigenvalue weighted by atomic mass is 28.4. The second-order valence-corrected chi connectivity index (χ2v) is 10.2. The first-order valence-corrected chi connectivity index (χ1v) is 9.71. The molecule has 18 heavy (non-hydrogen) atoms. The van der Waals surface area contributed by atoms with E-state index in [4.69, 9.17) is 9.16 Å². The fraction of sp³-hybridized carbons (Fsp3) is 0.500. The molecular formula is C14H20O3Si. The Hall–Kier alpha value is -1.29. The van der Waals surface area contributed by atoms with Gasteiger partial charge in [0.2, 0.25) is 8.32 Å². The quantitative estimate of drug-likeness (QED) is 0.602. The Labute approximate surface area is 109 Å². The lowest BCUT2D eigenvalue weighted by molar-refractivity contribution is 0.112. The molecule has 1 fully saturated rings. The molecule has 0 amide bonds. The second kappa shape index (κ2) is 4.76. The molecule has 0 saturated heterocycles. The number of carbonyl (C=O) groups is 1. The van der Waals surface area contributed by atoms with E-state index in [9.17, 15) is 4.79 Å². The van der Waals surface area contributed by atoms with Crippen molar-refractivity contribution >= 4 is 14.6 Å². The molecule has 1 aliphatic rings. The first-order chi connectivity index (χ1) is 8.44. The number of carbonyl (C=O) groups excluding carboxylic acids is 1. The third-order valence-electron chi connectivity index (χ3n) is 2.89. The van der Waals surface area contributed by atoms with Crippen molar-refractivity contribution in [3.63, 3.8) is 0 Å². The molecule has 4 heteroatoms. The molecule has 0 unspecified atom stereocenters. The number of aldehydes is 1. The van der Waals surface area contributed by atoms with Crippen LogP contribution in [0.1, 0.15) is 34.7 Å². The molecule has 2 rings (SSSR count). The number of rotatable bonds is 5. The normalized spacial score (nSPS) is 15.3. The van der Waals surface area contributed by atoms with E-state index in [1.165, 1.54) is 12.8 Å². The van der Waals surface area contributed by atoms with Crippen molar-refractivity contribution < 1.29 is 14.0 Å².